The highest BCUT2D eigenvalue weighted by Gasteiger charge is 2.09. The summed E-state index contributed by atoms with van der Waals surface area (Å²) in [5.74, 6) is 0. The average Bonchev–Trinajstić information content (AvgIpc) is 2.96. The van der Waals surface area contributed by atoms with Gasteiger partial charge in [-0.15, -0.1) is 0 Å². The number of thiocarbonyl (C=S) groups is 1. The van der Waals surface area contributed by atoms with Gasteiger partial charge in [-0.3, -0.25) is 15.5 Å². The zero-order chi connectivity index (χ0) is 15.2. The molecule has 21 heavy (non-hydrogen) atoms. The van der Waals surface area contributed by atoms with E-state index >= 15 is 0 Å². The third-order valence-corrected chi connectivity index (χ3v) is 2.58. The lowest BCUT2D eigenvalue weighted by atomic mass is 10.1. The highest BCUT2D eigenvalue weighted by molar-refractivity contribution is 7.80. The largest absolute Gasteiger partial charge is 0.375 e. The van der Waals surface area contributed by atoms with E-state index in [9.17, 15) is 10.1 Å². The molecule has 3 N–H and O–H groups in total. The van der Waals surface area contributed by atoms with E-state index in [1.807, 2.05) is 0 Å². The first kappa shape index (κ1) is 14.5. The Morgan fingerprint density at radius 1 is 1.48 bits per heavy atom. The summed E-state index contributed by atoms with van der Waals surface area (Å²) in [5, 5.41) is 18.7. The predicted octanol–water partition coefficient (Wildman–Crippen LogP) is 0.424. The van der Waals surface area contributed by atoms with Crippen LogP contribution in [0.1, 0.15) is 5.56 Å². The van der Waals surface area contributed by atoms with E-state index in [1.54, 1.807) is 16.8 Å². The monoisotopic (exact) mass is 305 g/mol. The fraction of sp³-hybridized carbons (Fsp3) is 0.0909. The zero-order valence-corrected chi connectivity index (χ0v) is 11.5. The Labute approximate surface area is 124 Å². The van der Waals surface area contributed by atoms with Crippen molar-refractivity contribution >= 4 is 28.7 Å². The fourth-order valence-corrected chi connectivity index (χ4v) is 1.60. The average molecular weight is 305 g/mol. The maximum Gasteiger partial charge on any atom is 0.269 e. The molecule has 0 saturated carbocycles. The number of benzene rings is 1. The quantitative estimate of drug-likeness (QED) is 0.355. The standard InChI is InChI=1S/C11H11N7O2S/c12-11(21)16-15-10(5-17-7-13-6-14-17)8-1-3-9(4-2-8)18(19)20/h1-4,6-7H,5H2,(H3,12,16,21)/b15-10-. The van der Waals surface area contributed by atoms with Crippen molar-refractivity contribution in [2.45, 2.75) is 6.54 Å². The Morgan fingerprint density at radius 3 is 2.71 bits per heavy atom. The maximum absolute atomic E-state index is 10.7. The highest BCUT2D eigenvalue weighted by atomic mass is 32.1. The number of nitro benzene ring substituents is 1. The number of rotatable bonds is 5. The lowest BCUT2D eigenvalue weighted by molar-refractivity contribution is -0.384. The van der Waals surface area contributed by atoms with Gasteiger partial charge in [-0.2, -0.15) is 10.2 Å². The minimum absolute atomic E-state index is 0.00107. The summed E-state index contributed by atoms with van der Waals surface area (Å²) in [5.41, 5.74) is 9.08. The molecule has 0 bridgehead atoms. The molecule has 0 unspecified atom stereocenters. The highest BCUT2D eigenvalue weighted by Crippen LogP contribution is 2.13. The Bertz CT molecular complexity index is 666. The summed E-state index contributed by atoms with van der Waals surface area (Å²) >= 11 is 4.70. The van der Waals surface area contributed by atoms with E-state index < -0.39 is 4.92 Å². The molecule has 1 heterocycles. The van der Waals surface area contributed by atoms with Gasteiger partial charge in [-0.05, 0) is 24.4 Å². The third kappa shape index (κ3) is 4.04. The van der Waals surface area contributed by atoms with Crippen molar-refractivity contribution in [3.8, 4) is 0 Å². The van der Waals surface area contributed by atoms with E-state index in [2.05, 4.69) is 20.6 Å². The van der Waals surface area contributed by atoms with Gasteiger partial charge < -0.3 is 5.73 Å². The predicted molar refractivity (Wildman–Crippen MR) is 79.6 cm³/mol. The lowest BCUT2D eigenvalue weighted by Gasteiger charge is -2.07. The summed E-state index contributed by atoms with van der Waals surface area (Å²) in [6.07, 6.45) is 2.93. The normalized spacial score (nSPS) is 11.1. The van der Waals surface area contributed by atoms with Crippen molar-refractivity contribution in [1.29, 1.82) is 0 Å². The summed E-state index contributed by atoms with van der Waals surface area (Å²) in [7, 11) is 0. The summed E-state index contributed by atoms with van der Waals surface area (Å²) in [6.45, 7) is 0.313. The van der Waals surface area contributed by atoms with Crippen LogP contribution in [-0.4, -0.2) is 30.5 Å². The Morgan fingerprint density at radius 2 is 2.19 bits per heavy atom. The molecule has 0 saturated heterocycles. The van der Waals surface area contributed by atoms with Crippen LogP contribution in [0.25, 0.3) is 0 Å². The number of hydrazone groups is 1. The van der Waals surface area contributed by atoms with Crippen LogP contribution in [0.15, 0.2) is 42.0 Å². The lowest BCUT2D eigenvalue weighted by Crippen LogP contribution is -2.27. The molecule has 1 aromatic carbocycles. The molecule has 0 aliphatic heterocycles. The minimum atomic E-state index is -0.467. The molecular weight excluding hydrogens is 294 g/mol. The van der Waals surface area contributed by atoms with Crippen molar-refractivity contribution in [1.82, 2.24) is 20.2 Å². The number of hydrogen-bond acceptors (Lipinski definition) is 6. The zero-order valence-electron chi connectivity index (χ0n) is 10.7. The Hall–Kier alpha value is -2.88. The second-order valence-corrected chi connectivity index (χ2v) is 4.37. The molecule has 10 heteroatoms. The molecule has 0 atom stereocenters. The van der Waals surface area contributed by atoms with Gasteiger partial charge in [0.15, 0.2) is 5.11 Å². The first-order valence-electron chi connectivity index (χ1n) is 5.75. The van der Waals surface area contributed by atoms with Crippen molar-refractivity contribution in [3.63, 3.8) is 0 Å². The van der Waals surface area contributed by atoms with Crippen molar-refractivity contribution in [3.05, 3.63) is 52.6 Å². The number of nitrogens with two attached hydrogens (primary N) is 1. The van der Waals surface area contributed by atoms with E-state index in [0.717, 1.165) is 0 Å². The van der Waals surface area contributed by atoms with Crippen molar-refractivity contribution in [2.75, 3.05) is 0 Å². The number of nitro groups is 1. The van der Waals surface area contributed by atoms with E-state index in [1.165, 1.54) is 24.8 Å². The topological polar surface area (TPSA) is 124 Å². The van der Waals surface area contributed by atoms with Crippen LogP contribution in [-0.2, 0) is 6.54 Å². The molecule has 0 aliphatic rings. The SMILES string of the molecule is NC(=S)N/N=C(/Cn1cncn1)c1ccc([N+](=O)[O-])cc1. The van der Waals surface area contributed by atoms with Gasteiger partial charge in [0.05, 0.1) is 17.2 Å². The van der Waals surface area contributed by atoms with Gasteiger partial charge in [-0.1, -0.05) is 0 Å². The van der Waals surface area contributed by atoms with Gasteiger partial charge >= 0.3 is 0 Å². The summed E-state index contributed by atoms with van der Waals surface area (Å²) in [4.78, 5) is 14.0. The van der Waals surface area contributed by atoms with Gasteiger partial charge in [0.25, 0.3) is 5.69 Å². The van der Waals surface area contributed by atoms with E-state index in [4.69, 9.17) is 18.0 Å². The van der Waals surface area contributed by atoms with Crippen LogP contribution in [0, 0.1) is 10.1 Å². The van der Waals surface area contributed by atoms with Gasteiger partial charge in [0.2, 0.25) is 0 Å². The number of aromatic nitrogens is 3. The first-order valence-corrected chi connectivity index (χ1v) is 6.16. The van der Waals surface area contributed by atoms with Crippen molar-refractivity contribution < 1.29 is 4.92 Å². The third-order valence-electron chi connectivity index (χ3n) is 2.49. The van der Waals surface area contributed by atoms with Crippen LogP contribution in [0.2, 0.25) is 0 Å². The van der Waals surface area contributed by atoms with Crippen LogP contribution in [0.3, 0.4) is 0 Å². The number of nitrogens with zero attached hydrogens (tertiary/aromatic N) is 5. The van der Waals surface area contributed by atoms with Crippen LogP contribution < -0.4 is 11.2 Å². The molecule has 9 nitrogen and oxygen atoms in total. The number of non-ortho nitro benzene ring substituents is 1. The fourth-order valence-electron chi connectivity index (χ4n) is 1.56. The van der Waals surface area contributed by atoms with Gasteiger partial charge in [0.1, 0.15) is 12.7 Å². The van der Waals surface area contributed by atoms with E-state index in [0.29, 0.717) is 17.8 Å². The first-order chi connectivity index (χ1) is 10.1. The van der Waals surface area contributed by atoms with Crippen LogP contribution in [0.5, 0.6) is 0 Å². The van der Waals surface area contributed by atoms with Crippen molar-refractivity contribution in [2.24, 2.45) is 10.8 Å². The summed E-state index contributed by atoms with van der Waals surface area (Å²) in [6, 6.07) is 5.98. The molecule has 0 spiro atoms. The Kier molecular flexibility index (Phi) is 4.51. The van der Waals surface area contributed by atoms with Crippen LogP contribution >= 0.6 is 12.2 Å². The number of hydrogen-bond donors (Lipinski definition) is 2. The molecule has 1 aromatic heterocycles. The Balaban J connectivity index is 2.27. The summed E-state index contributed by atoms with van der Waals surface area (Å²) < 4.78 is 1.56. The molecule has 0 radical (unpaired) electrons. The molecule has 2 aromatic rings. The molecule has 0 fully saturated rings. The molecule has 0 aliphatic carbocycles. The molecule has 0 amide bonds. The van der Waals surface area contributed by atoms with Gasteiger partial charge in [0, 0.05) is 17.7 Å². The molecule has 2 rings (SSSR count). The smallest absolute Gasteiger partial charge is 0.269 e. The number of nitrogens with one attached hydrogen (secondary N) is 1. The van der Waals surface area contributed by atoms with Crippen LogP contribution in [0.4, 0.5) is 5.69 Å². The second-order valence-electron chi connectivity index (χ2n) is 3.93. The van der Waals surface area contributed by atoms with E-state index in [-0.39, 0.29) is 10.8 Å². The molecular formula is C11H11N7O2S. The second kappa shape index (κ2) is 6.52. The molecule has 108 valence electrons. The maximum atomic E-state index is 10.7. The van der Waals surface area contributed by atoms with Gasteiger partial charge in [-0.25, -0.2) is 9.67 Å². The minimum Gasteiger partial charge on any atom is -0.375 e.